The van der Waals surface area contributed by atoms with Crippen LogP contribution in [0.1, 0.15) is 25.6 Å². The van der Waals surface area contributed by atoms with Crippen LogP contribution in [0.5, 0.6) is 5.75 Å². The molecule has 1 aromatic heterocycles. The van der Waals surface area contributed by atoms with Crippen LogP contribution in [0.2, 0.25) is 0 Å². The summed E-state index contributed by atoms with van der Waals surface area (Å²) in [6.45, 7) is 0.258. The number of halogens is 3. The lowest BCUT2D eigenvalue weighted by Crippen LogP contribution is -2.27. The first-order valence-electron chi connectivity index (χ1n) is 8.35. The second-order valence-corrected chi connectivity index (χ2v) is 6.98. The third-order valence-electron chi connectivity index (χ3n) is 3.97. The zero-order chi connectivity index (χ0) is 21.0. The van der Waals surface area contributed by atoms with Crippen LogP contribution in [0.3, 0.4) is 0 Å². The summed E-state index contributed by atoms with van der Waals surface area (Å²) in [4.78, 5) is 23.6. The molecule has 0 aliphatic carbocycles. The molecule has 0 saturated carbocycles. The van der Waals surface area contributed by atoms with Gasteiger partial charge in [-0.15, -0.1) is 11.3 Å². The maximum Gasteiger partial charge on any atom is 0.417 e. The van der Waals surface area contributed by atoms with Gasteiger partial charge in [0.1, 0.15) is 12.4 Å². The number of benzene rings is 2. The molecule has 2 aromatic carbocycles. The van der Waals surface area contributed by atoms with Crippen LogP contribution in [-0.4, -0.2) is 30.2 Å². The standard InChI is InChI=1S/C19H15F3N2O4S/c20-19(21,22)14-2-1-3-15-13(14)10-16(29-15)18(26)23-8-9-28-12-6-4-11(5-7-12)17(25)24-27/h1-7,10,27H,8-9H2,(H,23,26)(H,24,25). The smallest absolute Gasteiger partial charge is 0.417 e. The first-order chi connectivity index (χ1) is 13.8. The first-order valence-corrected chi connectivity index (χ1v) is 9.16. The number of carbonyl (C=O) groups is 2. The number of nitrogens with one attached hydrogen (secondary N) is 2. The van der Waals surface area contributed by atoms with Gasteiger partial charge in [0.15, 0.2) is 0 Å². The minimum Gasteiger partial charge on any atom is -0.492 e. The average Bonchev–Trinajstić information content (AvgIpc) is 3.14. The Balaban J connectivity index is 1.57. The number of hydrogen-bond donors (Lipinski definition) is 3. The molecule has 0 saturated heterocycles. The number of alkyl halides is 3. The number of rotatable bonds is 6. The Morgan fingerprint density at radius 2 is 1.79 bits per heavy atom. The fraction of sp³-hybridized carbons (Fsp3) is 0.158. The minimum absolute atomic E-state index is 0.00148. The summed E-state index contributed by atoms with van der Waals surface area (Å²) in [6.07, 6.45) is -4.49. The van der Waals surface area contributed by atoms with Crippen LogP contribution in [0.15, 0.2) is 48.5 Å². The van der Waals surface area contributed by atoms with E-state index in [9.17, 15) is 22.8 Å². The molecule has 3 aromatic rings. The summed E-state index contributed by atoms with van der Waals surface area (Å²) in [5, 5.41) is 11.1. The molecule has 3 rings (SSSR count). The monoisotopic (exact) mass is 424 g/mol. The van der Waals surface area contributed by atoms with E-state index >= 15 is 0 Å². The second kappa shape index (κ2) is 8.50. The second-order valence-electron chi connectivity index (χ2n) is 5.90. The van der Waals surface area contributed by atoms with Gasteiger partial charge in [-0.25, -0.2) is 5.48 Å². The molecule has 0 radical (unpaired) electrons. The van der Waals surface area contributed by atoms with Gasteiger partial charge in [0, 0.05) is 15.6 Å². The molecule has 2 amide bonds. The highest BCUT2D eigenvalue weighted by atomic mass is 32.1. The van der Waals surface area contributed by atoms with Gasteiger partial charge >= 0.3 is 6.18 Å². The molecule has 0 aliphatic rings. The quantitative estimate of drug-likeness (QED) is 0.319. The average molecular weight is 424 g/mol. The van der Waals surface area contributed by atoms with Crippen molar-refractivity contribution in [3.63, 3.8) is 0 Å². The van der Waals surface area contributed by atoms with Gasteiger partial charge in [0.05, 0.1) is 17.0 Å². The largest absolute Gasteiger partial charge is 0.492 e. The molecule has 0 atom stereocenters. The molecule has 0 bridgehead atoms. The molecule has 29 heavy (non-hydrogen) atoms. The number of carbonyl (C=O) groups excluding carboxylic acids is 2. The molecule has 0 spiro atoms. The highest BCUT2D eigenvalue weighted by Crippen LogP contribution is 2.37. The van der Waals surface area contributed by atoms with Crippen LogP contribution >= 0.6 is 11.3 Å². The third-order valence-corrected chi connectivity index (χ3v) is 5.06. The van der Waals surface area contributed by atoms with E-state index in [4.69, 9.17) is 9.94 Å². The van der Waals surface area contributed by atoms with E-state index in [1.165, 1.54) is 47.9 Å². The first kappa shape index (κ1) is 20.6. The normalized spacial score (nSPS) is 11.3. The van der Waals surface area contributed by atoms with Crippen LogP contribution in [0.25, 0.3) is 10.1 Å². The van der Waals surface area contributed by atoms with Crippen molar-refractivity contribution in [1.29, 1.82) is 0 Å². The topological polar surface area (TPSA) is 87.7 Å². The number of ether oxygens (including phenoxy) is 1. The molecular formula is C19H15F3N2O4S. The molecule has 3 N–H and O–H groups in total. The van der Waals surface area contributed by atoms with Gasteiger partial charge in [-0.1, -0.05) is 6.07 Å². The highest BCUT2D eigenvalue weighted by Gasteiger charge is 2.33. The summed E-state index contributed by atoms with van der Waals surface area (Å²) in [5.74, 6) is -0.691. The maximum absolute atomic E-state index is 13.1. The summed E-state index contributed by atoms with van der Waals surface area (Å²) < 4.78 is 45.1. The van der Waals surface area contributed by atoms with Crippen LogP contribution in [0.4, 0.5) is 13.2 Å². The minimum atomic E-state index is -4.49. The van der Waals surface area contributed by atoms with Gasteiger partial charge in [0.25, 0.3) is 11.8 Å². The van der Waals surface area contributed by atoms with Gasteiger partial charge < -0.3 is 10.1 Å². The molecule has 1 heterocycles. The Morgan fingerprint density at radius 3 is 2.45 bits per heavy atom. The summed E-state index contributed by atoms with van der Waals surface area (Å²) >= 11 is 0.985. The molecular weight excluding hydrogens is 409 g/mol. The van der Waals surface area contributed by atoms with Gasteiger partial charge in [0.2, 0.25) is 0 Å². The number of hydroxylamine groups is 1. The van der Waals surface area contributed by atoms with Crippen molar-refractivity contribution in [2.24, 2.45) is 0 Å². The van der Waals surface area contributed by atoms with Crippen molar-refractivity contribution >= 4 is 33.2 Å². The van der Waals surface area contributed by atoms with Crippen molar-refractivity contribution in [3.8, 4) is 5.75 Å². The van der Waals surface area contributed by atoms with Gasteiger partial charge in [-0.05, 0) is 42.5 Å². The Labute approximate surface area is 166 Å². The van der Waals surface area contributed by atoms with Gasteiger partial charge in [-0.2, -0.15) is 13.2 Å². The van der Waals surface area contributed by atoms with Crippen molar-refractivity contribution in [1.82, 2.24) is 10.8 Å². The molecule has 6 nitrogen and oxygen atoms in total. The van der Waals surface area contributed by atoms with E-state index in [-0.39, 0.29) is 29.0 Å². The Hall–Kier alpha value is -3.11. The van der Waals surface area contributed by atoms with Crippen LogP contribution in [-0.2, 0) is 6.18 Å². The predicted octanol–water partition coefficient (Wildman–Crippen LogP) is 3.85. The van der Waals surface area contributed by atoms with E-state index in [1.54, 1.807) is 0 Å². The van der Waals surface area contributed by atoms with Crippen molar-refractivity contribution in [2.45, 2.75) is 6.18 Å². The zero-order valence-corrected chi connectivity index (χ0v) is 15.6. The molecule has 10 heteroatoms. The molecule has 0 aliphatic heterocycles. The van der Waals surface area contributed by atoms with Gasteiger partial charge in [-0.3, -0.25) is 14.8 Å². The van der Waals surface area contributed by atoms with Crippen LogP contribution in [0, 0.1) is 0 Å². The highest BCUT2D eigenvalue weighted by molar-refractivity contribution is 7.20. The summed E-state index contributed by atoms with van der Waals surface area (Å²) in [6, 6.07) is 11.0. The zero-order valence-electron chi connectivity index (χ0n) is 14.7. The number of thiophene rings is 1. The molecule has 0 fully saturated rings. The fourth-order valence-corrected chi connectivity index (χ4v) is 3.61. The Bertz CT molecular complexity index is 1030. The Kier molecular flexibility index (Phi) is 6.04. The van der Waals surface area contributed by atoms with Crippen LogP contribution < -0.4 is 15.5 Å². The number of fused-ring (bicyclic) bond motifs is 1. The van der Waals surface area contributed by atoms with E-state index < -0.39 is 23.6 Å². The fourth-order valence-electron chi connectivity index (χ4n) is 2.61. The predicted molar refractivity (Wildman–Crippen MR) is 100 cm³/mol. The maximum atomic E-state index is 13.1. The summed E-state index contributed by atoms with van der Waals surface area (Å²) in [7, 11) is 0. The molecule has 152 valence electrons. The lowest BCUT2D eigenvalue weighted by molar-refractivity contribution is -0.136. The Morgan fingerprint density at radius 1 is 1.07 bits per heavy atom. The lowest BCUT2D eigenvalue weighted by Gasteiger charge is -2.08. The lowest BCUT2D eigenvalue weighted by atomic mass is 10.1. The van der Waals surface area contributed by atoms with Crippen molar-refractivity contribution in [2.75, 3.05) is 13.2 Å². The SMILES string of the molecule is O=C(NO)c1ccc(OCCNC(=O)c2cc3c(C(F)(F)F)cccc3s2)cc1. The third kappa shape index (κ3) is 4.84. The van der Waals surface area contributed by atoms with E-state index in [0.717, 1.165) is 17.4 Å². The van der Waals surface area contributed by atoms with E-state index in [1.807, 2.05) is 0 Å². The van der Waals surface area contributed by atoms with E-state index in [2.05, 4.69) is 5.32 Å². The van der Waals surface area contributed by atoms with E-state index in [0.29, 0.717) is 10.4 Å². The summed E-state index contributed by atoms with van der Waals surface area (Å²) in [5.41, 5.74) is 0.989. The number of hydrogen-bond acceptors (Lipinski definition) is 5. The number of amides is 2. The van der Waals surface area contributed by atoms with Crippen molar-refractivity contribution < 1.29 is 32.7 Å². The van der Waals surface area contributed by atoms with Crippen molar-refractivity contribution in [3.05, 3.63) is 64.5 Å². The molecule has 0 unspecified atom stereocenters.